The summed E-state index contributed by atoms with van der Waals surface area (Å²) in [6.45, 7) is 10.5. The molecule has 0 unspecified atom stereocenters. The van der Waals surface area contributed by atoms with E-state index in [1.807, 2.05) is 20.0 Å². The lowest BCUT2D eigenvalue weighted by Gasteiger charge is -2.13. The first-order valence-corrected chi connectivity index (χ1v) is 6.31. The zero-order valence-corrected chi connectivity index (χ0v) is 12.1. The van der Waals surface area contributed by atoms with Crippen molar-refractivity contribution in [2.75, 3.05) is 0 Å². The van der Waals surface area contributed by atoms with Crippen LogP contribution in [0.1, 0.15) is 52.0 Å². The Morgan fingerprint density at radius 1 is 1.26 bits per heavy atom. The Kier molecular flexibility index (Phi) is 3.22. The zero-order chi connectivity index (χ0) is 14.3. The summed E-state index contributed by atoms with van der Waals surface area (Å²) in [4.78, 5) is 4.26. The molecule has 2 heterocycles. The molecule has 6 heteroatoms. The topological polar surface area (TPSA) is 82.8 Å². The molecular weight excluding hydrogens is 242 g/mol. The standard InChI is InChI=1S/C13H21N5O/c1-12(2,3)10-6-15-11(19-10)8-18-7-9(16-17-18)13(4,5)14/h6-7H,8,14H2,1-5H3. The highest BCUT2D eigenvalue weighted by Gasteiger charge is 2.21. The van der Waals surface area contributed by atoms with Gasteiger partial charge in [-0.25, -0.2) is 9.67 Å². The molecule has 6 nitrogen and oxygen atoms in total. The number of oxazole rings is 1. The summed E-state index contributed by atoms with van der Waals surface area (Å²) in [5.74, 6) is 1.48. The van der Waals surface area contributed by atoms with Crippen molar-refractivity contribution in [1.82, 2.24) is 20.0 Å². The van der Waals surface area contributed by atoms with Crippen LogP contribution >= 0.6 is 0 Å². The normalized spacial score (nSPS) is 12.9. The first-order chi connectivity index (χ1) is 8.66. The third-order valence-corrected chi connectivity index (χ3v) is 2.79. The minimum Gasteiger partial charge on any atom is -0.443 e. The van der Waals surface area contributed by atoms with E-state index in [0.29, 0.717) is 12.4 Å². The van der Waals surface area contributed by atoms with E-state index in [-0.39, 0.29) is 5.41 Å². The molecule has 2 aromatic rings. The van der Waals surface area contributed by atoms with Crippen molar-refractivity contribution in [3.05, 3.63) is 29.7 Å². The summed E-state index contributed by atoms with van der Waals surface area (Å²) in [5.41, 5.74) is 6.18. The fourth-order valence-corrected chi connectivity index (χ4v) is 1.54. The van der Waals surface area contributed by atoms with Crippen molar-refractivity contribution in [3.63, 3.8) is 0 Å². The average molecular weight is 263 g/mol. The molecule has 0 saturated heterocycles. The molecule has 0 aliphatic carbocycles. The van der Waals surface area contributed by atoms with Crippen LogP contribution in [0, 0.1) is 0 Å². The molecule has 104 valence electrons. The second-order valence-electron chi connectivity index (χ2n) is 6.39. The predicted octanol–water partition coefficient (Wildman–Crippen LogP) is 1.81. The van der Waals surface area contributed by atoms with E-state index in [1.54, 1.807) is 10.9 Å². The van der Waals surface area contributed by atoms with Gasteiger partial charge in [-0.2, -0.15) is 0 Å². The zero-order valence-electron chi connectivity index (χ0n) is 12.1. The summed E-state index contributed by atoms with van der Waals surface area (Å²) >= 11 is 0. The molecule has 2 N–H and O–H groups in total. The number of hydrogen-bond acceptors (Lipinski definition) is 5. The summed E-state index contributed by atoms with van der Waals surface area (Å²) in [6, 6.07) is 0. The lowest BCUT2D eigenvalue weighted by atomic mass is 9.94. The molecule has 2 rings (SSSR count). The first kappa shape index (κ1) is 13.7. The second kappa shape index (κ2) is 4.45. The Morgan fingerprint density at radius 3 is 2.42 bits per heavy atom. The van der Waals surface area contributed by atoms with Crippen molar-refractivity contribution in [2.24, 2.45) is 5.73 Å². The lowest BCUT2D eigenvalue weighted by Crippen LogP contribution is -2.29. The maximum Gasteiger partial charge on any atom is 0.216 e. The predicted molar refractivity (Wildman–Crippen MR) is 71.5 cm³/mol. The monoisotopic (exact) mass is 263 g/mol. The van der Waals surface area contributed by atoms with Gasteiger partial charge in [0, 0.05) is 5.41 Å². The number of aromatic nitrogens is 4. The number of nitrogens with two attached hydrogens (primary N) is 1. The quantitative estimate of drug-likeness (QED) is 0.913. The van der Waals surface area contributed by atoms with Gasteiger partial charge in [0.15, 0.2) is 0 Å². The maximum absolute atomic E-state index is 5.97. The Morgan fingerprint density at radius 2 is 1.95 bits per heavy atom. The van der Waals surface area contributed by atoms with E-state index in [9.17, 15) is 0 Å². The lowest BCUT2D eigenvalue weighted by molar-refractivity contribution is 0.371. The highest BCUT2D eigenvalue weighted by molar-refractivity contribution is 5.08. The van der Waals surface area contributed by atoms with Crippen LogP contribution in [0.5, 0.6) is 0 Å². The van der Waals surface area contributed by atoms with Gasteiger partial charge in [0.1, 0.15) is 18.0 Å². The van der Waals surface area contributed by atoms with Crippen LogP contribution in [-0.4, -0.2) is 20.0 Å². The smallest absolute Gasteiger partial charge is 0.216 e. The Hall–Kier alpha value is -1.69. The van der Waals surface area contributed by atoms with Gasteiger partial charge in [-0.3, -0.25) is 0 Å². The summed E-state index contributed by atoms with van der Waals surface area (Å²) < 4.78 is 7.40. The van der Waals surface area contributed by atoms with Crippen molar-refractivity contribution in [2.45, 2.75) is 52.1 Å². The molecule has 0 radical (unpaired) electrons. The molecule has 0 aliphatic heterocycles. The molecule has 0 aliphatic rings. The van der Waals surface area contributed by atoms with E-state index in [1.165, 1.54) is 0 Å². The molecule has 0 spiro atoms. The minimum absolute atomic E-state index is 0.0436. The third kappa shape index (κ3) is 3.20. The molecular formula is C13H21N5O. The van der Waals surface area contributed by atoms with Crippen molar-refractivity contribution >= 4 is 0 Å². The first-order valence-electron chi connectivity index (χ1n) is 6.31. The van der Waals surface area contributed by atoms with Crippen LogP contribution in [0.3, 0.4) is 0 Å². The van der Waals surface area contributed by atoms with Gasteiger partial charge in [-0.1, -0.05) is 26.0 Å². The van der Waals surface area contributed by atoms with Gasteiger partial charge in [0.2, 0.25) is 5.89 Å². The number of hydrogen-bond donors (Lipinski definition) is 1. The van der Waals surface area contributed by atoms with Crippen LogP contribution in [0.4, 0.5) is 0 Å². The van der Waals surface area contributed by atoms with Crippen LogP contribution in [0.25, 0.3) is 0 Å². The van der Waals surface area contributed by atoms with E-state index in [2.05, 4.69) is 36.1 Å². The van der Waals surface area contributed by atoms with Crippen molar-refractivity contribution in [1.29, 1.82) is 0 Å². The molecule has 0 amide bonds. The molecule has 2 aromatic heterocycles. The Balaban J connectivity index is 2.14. The Bertz CT molecular complexity index is 506. The van der Waals surface area contributed by atoms with Gasteiger partial charge in [0.25, 0.3) is 0 Å². The van der Waals surface area contributed by atoms with Gasteiger partial charge in [-0.05, 0) is 13.8 Å². The van der Waals surface area contributed by atoms with Gasteiger partial charge < -0.3 is 10.2 Å². The molecule has 0 saturated carbocycles. The van der Waals surface area contributed by atoms with Crippen LogP contribution in [0.2, 0.25) is 0 Å². The summed E-state index contributed by atoms with van der Waals surface area (Å²) in [5, 5.41) is 8.09. The molecule has 0 bridgehead atoms. The van der Waals surface area contributed by atoms with E-state index in [0.717, 1.165) is 11.5 Å². The SMILES string of the molecule is CC(C)(C)c1cnc(Cn2cc(C(C)(C)N)nn2)o1. The van der Waals surface area contributed by atoms with E-state index >= 15 is 0 Å². The van der Waals surface area contributed by atoms with Gasteiger partial charge in [0.05, 0.1) is 17.9 Å². The largest absolute Gasteiger partial charge is 0.443 e. The van der Waals surface area contributed by atoms with Crippen molar-refractivity contribution in [3.8, 4) is 0 Å². The minimum atomic E-state index is -0.495. The fraction of sp³-hybridized carbons (Fsp3) is 0.615. The average Bonchev–Trinajstić information content (AvgIpc) is 2.84. The van der Waals surface area contributed by atoms with Crippen molar-refractivity contribution < 1.29 is 4.42 Å². The fourth-order valence-electron chi connectivity index (χ4n) is 1.54. The second-order valence-corrected chi connectivity index (χ2v) is 6.39. The number of rotatable bonds is 3. The summed E-state index contributed by atoms with van der Waals surface area (Å²) in [6.07, 6.45) is 3.58. The van der Waals surface area contributed by atoms with E-state index in [4.69, 9.17) is 10.2 Å². The van der Waals surface area contributed by atoms with Gasteiger partial charge in [-0.15, -0.1) is 5.10 Å². The molecule has 19 heavy (non-hydrogen) atoms. The van der Waals surface area contributed by atoms with Crippen LogP contribution in [-0.2, 0) is 17.5 Å². The van der Waals surface area contributed by atoms with Crippen LogP contribution < -0.4 is 5.73 Å². The third-order valence-electron chi connectivity index (χ3n) is 2.79. The number of nitrogens with zero attached hydrogens (tertiary/aromatic N) is 4. The van der Waals surface area contributed by atoms with Gasteiger partial charge >= 0.3 is 0 Å². The Labute approximate surface area is 113 Å². The summed E-state index contributed by atoms with van der Waals surface area (Å²) in [7, 11) is 0. The molecule has 0 fully saturated rings. The highest BCUT2D eigenvalue weighted by Crippen LogP contribution is 2.23. The van der Waals surface area contributed by atoms with Crippen LogP contribution in [0.15, 0.2) is 16.8 Å². The molecule has 0 aromatic carbocycles. The maximum atomic E-state index is 5.97. The molecule has 0 atom stereocenters. The van der Waals surface area contributed by atoms with E-state index < -0.39 is 5.54 Å². The highest BCUT2D eigenvalue weighted by atomic mass is 16.4.